The fourth-order valence-electron chi connectivity index (χ4n) is 5.66. The molecule has 4 amide bonds. The summed E-state index contributed by atoms with van der Waals surface area (Å²) in [6.07, 6.45) is 8.53. The van der Waals surface area contributed by atoms with Gasteiger partial charge in [-0.05, 0) is 43.4 Å². The van der Waals surface area contributed by atoms with Crippen molar-refractivity contribution in [2.24, 2.45) is 11.3 Å². The van der Waals surface area contributed by atoms with Crippen LogP contribution in [-0.2, 0) is 19.1 Å². The highest BCUT2D eigenvalue weighted by Crippen LogP contribution is 2.46. The molecular formula is C22H35N3O5. The Morgan fingerprint density at radius 1 is 1.13 bits per heavy atom. The minimum atomic E-state index is -0.949. The number of hydrogen-bond donors (Lipinski definition) is 2. The Morgan fingerprint density at radius 3 is 2.43 bits per heavy atom. The molecule has 2 atom stereocenters. The van der Waals surface area contributed by atoms with Crippen LogP contribution in [0.1, 0.15) is 78.6 Å². The fraction of sp³-hybridized carbons (Fsp3) is 0.818. The van der Waals surface area contributed by atoms with E-state index in [1.165, 1.54) is 12.8 Å². The number of hydrogen-bond acceptors (Lipinski definition) is 5. The lowest BCUT2D eigenvalue weighted by Gasteiger charge is -2.43. The van der Waals surface area contributed by atoms with Crippen molar-refractivity contribution >= 4 is 23.8 Å². The van der Waals surface area contributed by atoms with E-state index in [0.29, 0.717) is 12.8 Å². The van der Waals surface area contributed by atoms with E-state index < -0.39 is 30.7 Å². The molecule has 8 heteroatoms. The van der Waals surface area contributed by atoms with Crippen LogP contribution in [0, 0.1) is 11.3 Å². The quantitative estimate of drug-likeness (QED) is 0.403. The van der Waals surface area contributed by atoms with Crippen molar-refractivity contribution in [3.05, 3.63) is 0 Å². The Balaban J connectivity index is 1.50. The van der Waals surface area contributed by atoms with Crippen molar-refractivity contribution in [3.8, 4) is 0 Å². The van der Waals surface area contributed by atoms with E-state index in [2.05, 4.69) is 31.4 Å². The molecule has 2 aliphatic carbocycles. The number of carbonyl (C=O) groups excluding carboxylic acids is 4. The summed E-state index contributed by atoms with van der Waals surface area (Å²) >= 11 is 0. The normalized spacial score (nSPS) is 29.4. The molecule has 8 nitrogen and oxygen atoms in total. The standard InChI is InChI=1S/C22H35N3O5/c1-15-10-21(2,3)14-22(11-15)19(28)25(20(29)24-22)12-18(27)30-13-17(26)23-16-8-6-4-5-7-9-16/h15-16H,4-14H2,1-3H3,(H,23,26)(H,24,29)/t15-,22-/m0/s1. The van der Waals surface area contributed by atoms with Gasteiger partial charge >= 0.3 is 12.0 Å². The molecule has 3 rings (SSSR count). The van der Waals surface area contributed by atoms with Gasteiger partial charge in [-0.25, -0.2) is 4.79 Å². The first-order valence-electron chi connectivity index (χ1n) is 11.2. The Morgan fingerprint density at radius 2 is 1.80 bits per heavy atom. The van der Waals surface area contributed by atoms with Crippen LogP contribution in [0.15, 0.2) is 0 Å². The Kier molecular flexibility index (Phi) is 6.72. The van der Waals surface area contributed by atoms with Crippen LogP contribution in [0.2, 0.25) is 0 Å². The largest absolute Gasteiger partial charge is 0.454 e. The lowest BCUT2D eigenvalue weighted by molar-refractivity contribution is -0.151. The molecule has 0 unspecified atom stereocenters. The van der Waals surface area contributed by atoms with E-state index in [4.69, 9.17) is 4.74 Å². The van der Waals surface area contributed by atoms with Crippen LogP contribution in [0.4, 0.5) is 4.79 Å². The second-order valence-corrected chi connectivity index (χ2v) is 10.2. The third-order valence-electron chi connectivity index (χ3n) is 6.50. The maximum Gasteiger partial charge on any atom is 0.326 e. The summed E-state index contributed by atoms with van der Waals surface area (Å²) in [5.41, 5.74) is -1.03. The number of nitrogens with zero attached hydrogens (tertiary/aromatic N) is 1. The fourth-order valence-corrected chi connectivity index (χ4v) is 5.66. The van der Waals surface area contributed by atoms with E-state index in [1.54, 1.807) is 0 Å². The molecule has 30 heavy (non-hydrogen) atoms. The molecule has 0 aromatic rings. The molecule has 1 aliphatic heterocycles. The summed E-state index contributed by atoms with van der Waals surface area (Å²) in [4.78, 5) is 50.8. The minimum Gasteiger partial charge on any atom is -0.454 e. The van der Waals surface area contributed by atoms with Gasteiger partial charge in [-0.15, -0.1) is 0 Å². The van der Waals surface area contributed by atoms with Crippen molar-refractivity contribution in [2.45, 2.75) is 90.1 Å². The number of nitrogens with one attached hydrogen (secondary N) is 2. The van der Waals surface area contributed by atoms with Gasteiger partial charge in [-0.1, -0.05) is 46.5 Å². The molecule has 0 aromatic carbocycles. The van der Waals surface area contributed by atoms with Gasteiger partial charge in [0, 0.05) is 6.04 Å². The molecule has 3 fully saturated rings. The first kappa shape index (κ1) is 22.6. The maximum atomic E-state index is 13.1. The molecule has 3 aliphatic rings. The van der Waals surface area contributed by atoms with Gasteiger partial charge < -0.3 is 15.4 Å². The van der Waals surface area contributed by atoms with Crippen molar-refractivity contribution in [2.75, 3.05) is 13.2 Å². The summed E-state index contributed by atoms with van der Waals surface area (Å²) in [5.74, 6) is -1.17. The van der Waals surface area contributed by atoms with E-state index in [0.717, 1.165) is 37.0 Å². The van der Waals surface area contributed by atoms with Crippen LogP contribution in [0.25, 0.3) is 0 Å². The average Bonchev–Trinajstić information content (AvgIpc) is 2.83. The van der Waals surface area contributed by atoms with E-state index in [9.17, 15) is 19.2 Å². The highest BCUT2D eigenvalue weighted by molar-refractivity contribution is 6.08. The van der Waals surface area contributed by atoms with Crippen LogP contribution in [0.3, 0.4) is 0 Å². The Hall–Kier alpha value is -2.12. The summed E-state index contributed by atoms with van der Waals surface area (Å²) in [6, 6.07) is -0.439. The second kappa shape index (κ2) is 8.94. The molecule has 2 saturated carbocycles. The van der Waals surface area contributed by atoms with Gasteiger partial charge in [0.15, 0.2) is 6.61 Å². The zero-order valence-electron chi connectivity index (χ0n) is 18.4. The van der Waals surface area contributed by atoms with E-state index in [1.807, 2.05) is 0 Å². The molecule has 0 aromatic heterocycles. The van der Waals surface area contributed by atoms with Crippen molar-refractivity contribution < 1.29 is 23.9 Å². The van der Waals surface area contributed by atoms with Crippen LogP contribution < -0.4 is 10.6 Å². The lowest BCUT2D eigenvalue weighted by Crippen LogP contribution is -2.54. The molecule has 0 bridgehead atoms. The van der Waals surface area contributed by atoms with E-state index >= 15 is 0 Å². The predicted octanol–water partition coefficient (Wildman–Crippen LogP) is 2.51. The molecular weight excluding hydrogens is 386 g/mol. The van der Waals surface area contributed by atoms with Crippen molar-refractivity contribution in [3.63, 3.8) is 0 Å². The molecule has 1 heterocycles. The van der Waals surface area contributed by atoms with Crippen LogP contribution in [-0.4, -0.2) is 53.4 Å². The second-order valence-electron chi connectivity index (χ2n) is 10.2. The van der Waals surface area contributed by atoms with Gasteiger partial charge in [0.25, 0.3) is 11.8 Å². The van der Waals surface area contributed by atoms with Gasteiger partial charge in [-0.3, -0.25) is 19.3 Å². The number of urea groups is 1. The summed E-state index contributed by atoms with van der Waals surface area (Å²) in [7, 11) is 0. The lowest BCUT2D eigenvalue weighted by atomic mass is 9.64. The number of ether oxygens (including phenoxy) is 1. The number of rotatable bonds is 5. The third kappa shape index (κ3) is 5.32. The monoisotopic (exact) mass is 421 g/mol. The zero-order valence-corrected chi connectivity index (χ0v) is 18.4. The van der Waals surface area contributed by atoms with Gasteiger partial charge in [0.1, 0.15) is 12.1 Å². The summed E-state index contributed by atoms with van der Waals surface area (Å²) < 4.78 is 5.05. The first-order valence-corrected chi connectivity index (χ1v) is 11.2. The summed E-state index contributed by atoms with van der Waals surface area (Å²) in [5, 5.41) is 5.75. The first-order chi connectivity index (χ1) is 14.1. The molecule has 1 spiro atoms. The SMILES string of the molecule is C[C@H]1CC(C)(C)C[C@]2(C1)NC(=O)N(CC(=O)OCC(=O)NC1CCCCCC1)C2=O. The number of amides is 4. The third-order valence-corrected chi connectivity index (χ3v) is 6.50. The zero-order chi connectivity index (χ0) is 21.9. The van der Waals surface area contributed by atoms with Crippen molar-refractivity contribution in [1.82, 2.24) is 15.5 Å². The topological polar surface area (TPSA) is 105 Å². The van der Waals surface area contributed by atoms with Gasteiger partial charge in [-0.2, -0.15) is 0 Å². The minimum absolute atomic E-state index is 0.0762. The molecule has 2 N–H and O–H groups in total. The number of carbonyl (C=O) groups is 4. The smallest absolute Gasteiger partial charge is 0.326 e. The van der Waals surface area contributed by atoms with Gasteiger partial charge in [0.2, 0.25) is 0 Å². The highest BCUT2D eigenvalue weighted by atomic mass is 16.5. The predicted molar refractivity (Wildman–Crippen MR) is 110 cm³/mol. The highest BCUT2D eigenvalue weighted by Gasteiger charge is 2.56. The molecule has 0 radical (unpaired) electrons. The molecule has 168 valence electrons. The Bertz CT molecular complexity index is 699. The average molecular weight is 422 g/mol. The summed E-state index contributed by atoms with van der Waals surface area (Å²) in [6.45, 7) is 5.39. The van der Waals surface area contributed by atoms with Crippen LogP contribution >= 0.6 is 0 Å². The number of imide groups is 1. The van der Waals surface area contributed by atoms with Crippen molar-refractivity contribution in [1.29, 1.82) is 0 Å². The van der Waals surface area contributed by atoms with Gasteiger partial charge in [0.05, 0.1) is 0 Å². The number of esters is 1. The van der Waals surface area contributed by atoms with E-state index in [-0.39, 0.29) is 29.2 Å². The van der Waals surface area contributed by atoms with Crippen LogP contribution in [0.5, 0.6) is 0 Å². The maximum absolute atomic E-state index is 13.1. The Labute approximate surface area is 178 Å². The molecule has 1 saturated heterocycles.